The third-order valence-corrected chi connectivity index (χ3v) is 6.77. The quantitative estimate of drug-likeness (QED) is 0.409. The van der Waals surface area contributed by atoms with Gasteiger partial charge in [0.2, 0.25) is 0 Å². The number of carbonyl (C=O) groups excluding carboxylic acids is 1. The number of fused-ring (bicyclic) bond motifs is 1. The van der Waals surface area contributed by atoms with E-state index in [2.05, 4.69) is 33.5 Å². The summed E-state index contributed by atoms with van der Waals surface area (Å²) in [5.41, 5.74) is 4.51. The van der Waals surface area contributed by atoms with Crippen LogP contribution < -0.4 is 4.90 Å². The van der Waals surface area contributed by atoms with Crippen LogP contribution in [0.15, 0.2) is 55.2 Å². The molecule has 178 valence electrons. The number of anilines is 1. The van der Waals surface area contributed by atoms with Crippen LogP contribution in [0.25, 0.3) is 17.2 Å². The molecular formula is C26H27N7O2. The van der Waals surface area contributed by atoms with Gasteiger partial charge in [-0.25, -0.2) is 9.97 Å². The number of nitrogens with zero attached hydrogens (tertiary/aromatic N) is 7. The Morgan fingerprint density at radius 2 is 2.06 bits per heavy atom. The predicted octanol–water partition coefficient (Wildman–Crippen LogP) is 3.81. The Labute approximate surface area is 203 Å². The van der Waals surface area contributed by atoms with Crippen molar-refractivity contribution >= 4 is 11.7 Å². The first-order valence-corrected chi connectivity index (χ1v) is 12.0. The number of aromatic nitrogens is 6. The number of hydrogen-bond donors (Lipinski definition) is 0. The molecule has 0 radical (unpaired) electrons. The molecule has 1 saturated carbocycles. The van der Waals surface area contributed by atoms with Crippen LogP contribution in [-0.2, 0) is 11.2 Å². The van der Waals surface area contributed by atoms with Gasteiger partial charge in [-0.2, -0.15) is 0 Å². The Kier molecular flexibility index (Phi) is 5.41. The lowest BCUT2D eigenvalue weighted by atomic mass is 9.98. The molecular weight excluding hydrogens is 442 g/mol. The zero-order valence-electron chi connectivity index (χ0n) is 19.8. The molecule has 2 aliphatic rings. The molecule has 0 saturated heterocycles. The van der Waals surface area contributed by atoms with Crippen LogP contribution in [0, 0.1) is 0 Å². The molecule has 6 rings (SSSR count). The molecule has 9 heteroatoms. The highest BCUT2D eigenvalue weighted by Gasteiger charge is 2.28. The smallest absolute Gasteiger partial charge is 0.259 e. The Hall–Kier alpha value is -3.85. The van der Waals surface area contributed by atoms with Crippen LogP contribution in [-0.4, -0.2) is 55.5 Å². The molecule has 35 heavy (non-hydrogen) atoms. The van der Waals surface area contributed by atoms with E-state index in [4.69, 9.17) is 9.72 Å². The van der Waals surface area contributed by atoms with Crippen LogP contribution in [0.1, 0.15) is 53.3 Å². The zero-order chi connectivity index (χ0) is 23.9. The van der Waals surface area contributed by atoms with Gasteiger partial charge in [-0.05, 0) is 56.0 Å². The van der Waals surface area contributed by atoms with E-state index in [-0.39, 0.29) is 11.9 Å². The lowest BCUT2D eigenvalue weighted by Crippen LogP contribution is -2.38. The molecule has 1 amide bonds. The number of benzene rings is 1. The maximum atomic E-state index is 13.6. The zero-order valence-corrected chi connectivity index (χ0v) is 19.8. The standard InChI is InChI=1S/C26H27N7O2/c1-17(14-35-2)33-16-28-30-25(33)22-4-3-5-24(29-22)32-11-10-18-8-9-20(12-21(18)26(32)34)31-13-23(27-15-31)19-6-7-19/h3-5,8-9,12-13,15-17,19H,6-7,10-11,14H2,1-2H3. The maximum absolute atomic E-state index is 13.6. The highest BCUT2D eigenvalue weighted by molar-refractivity contribution is 6.08. The van der Waals surface area contributed by atoms with Gasteiger partial charge in [0.15, 0.2) is 5.82 Å². The van der Waals surface area contributed by atoms with E-state index in [9.17, 15) is 4.79 Å². The first kappa shape index (κ1) is 21.7. The van der Waals surface area contributed by atoms with E-state index in [1.54, 1.807) is 18.3 Å². The molecule has 0 N–H and O–H groups in total. The van der Waals surface area contributed by atoms with E-state index in [1.165, 1.54) is 12.8 Å². The minimum atomic E-state index is -0.0468. The second-order valence-electron chi connectivity index (χ2n) is 9.28. The number of methoxy groups -OCH3 is 1. The summed E-state index contributed by atoms with van der Waals surface area (Å²) >= 11 is 0. The van der Waals surface area contributed by atoms with Gasteiger partial charge < -0.3 is 13.9 Å². The second kappa shape index (κ2) is 8.74. The summed E-state index contributed by atoms with van der Waals surface area (Å²) in [7, 11) is 1.67. The van der Waals surface area contributed by atoms with Gasteiger partial charge in [-0.15, -0.1) is 10.2 Å². The molecule has 0 spiro atoms. The van der Waals surface area contributed by atoms with Gasteiger partial charge in [-0.1, -0.05) is 12.1 Å². The van der Waals surface area contributed by atoms with E-state index in [1.807, 2.05) is 46.7 Å². The number of pyridine rings is 1. The van der Waals surface area contributed by atoms with Crippen molar-refractivity contribution in [3.8, 4) is 17.2 Å². The Bertz CT molecular complexity index is 1390. The van der Waals surface area contributed by atoms with Gasteiger partial charge in [0.05, 0.1) is 24.7 Å². The lowest BCUT2D eigenvalue weighted by molar-refractivity contribution is 0.0980. The van der Waals surface area contributed by atoms with E-state index < -0.39 is 0 Å². The van der Waals surface area contributed by atoms with Crippen molar-refractivity contribution in [3.05, 3.63) is 72.1 Å². The maximum Gasteiger partial charge on any atom is 0.259 e. The van der Waals surface area contributed by atoms with Crippen LogP contribution in [0.4, 0.5) is 5.82 Å². The number of imidazole rings is 1. The third-order valence-electron chi connectivity index (χ3n) is 6.77. The van der Waals surface area contributed by atoms with Crippen molar-refractivity contribution in [1.29, 1.82) is 0 Å². The highest BCUT2D eigenvalue weighted by Crippen LogP contribution is 2.39. The first-order chi connectivity index (χ1) is 17.1. The van der Waals surface area contributed by atoms with Gasteiger partial charge >= 0.3 is 0 Å². The average molecular weight is 470 g/mol. The van der Waals surface area contributed by atoms with E-state index in [0.29, 0.717) is 42.0 Å². The average Bonchev–Trinajstić information content (AvgIpc) is 3.40. The molecule has 4 aromatic rings. The number of rotatable bonds is 7. The van der Waals surface area contributed by atoms with Crippen LogP contribution in [0.2, 0.25) is 0 Å². The summed E-state index contributed by atoms with van der Waals surface area (Å²) in [6.07, 6.45) is 8.79. The Balaban J connectivity index is 1.29. The first-order valence-electron chi connectivity index (χ1n) is 12.0. The molecule has 9 nitrogen and oxygen atoms in total. The highest BCUT2D eigenvalue weighted by atomic mass is 16.5. The predicted molar refractivity (Wildman–Crippen MR) is 131 cm³/mol. The minimum absolute atomic E-state index is 0.0468. The Morgan fingerprint density at radius 3 is 2.89 bits per heavy atom. The van der Waals surface area contributed by atoms with Crippen molar-refractivity contribution in [2.45, 2.75) is 38.1 Å². The van der Waals surface area contributed by atoms with Gasteiger partial charge in [0.25, 0.3) is 5.91 Å². The summed E-state index contributed by atoms with van der Waals surface area (Å²) in [5.74, 6) is 1.80. The fourth-order valence-corrected chi connectivity index (χ4v) is 4.68. The van der Waals surface area contributed by atoms with Crippen LogP contribution in [0.3, 0.4) is 0 Å². The molecule has 1 aliphatic carbocycles. The number of hydrogen-bond acceptors (Lipinski definition) is 6. The monoisotopic (exact) mass is 469 g/mol. The largest absolute Gasteiger partial charge is 0.383 e. The van der Waals surface area contributed by atoms with Crippen molar-refractivity contribution in [3.63, 3.8) is 0 Å². The van der Waals surface area contributed by atoms with E-state index in [0.717, 1.165) is 23.4 Å². The van der Waals surface area contributed by atoms with Crippen molar-refractivity contribution in [1.82, 2.24) is 29.3 Å². The van der Waals surface area contributed by atoms with E-state index >= 15 is 0 Å². The number of amides is 1. The van der Waals surface area contributed by atoms with Gasteiger partial charge in [0, 0.05) is 37.0 Å². The van der Waals surface area contributed by atoms with Crippen LogP contribution >= 0.6 is 0 Å². The summed E-state index contributed by atoms with van der Waals surface area (Å²) in [6.45, 7) is 3.15. The summed E-state index contributed by atoms with van der Waals surface area (Å²) in [6, 6.07) is 11.8. The van der Waals surface area contributed by atoms with Gasteiger partial charge in [-0.3, -0.25) is 9.69 Å². The topological polar surface area (TPSA) is 91.0 Å². The summed E-state index contributed by atoms with van der Waals surface area (Å²) in [4.78, 5) is 24.7. The van der Waals surface area contributed by atoms with Crippen molar-refractivity contribution in [2.75, 3.05) is 25.2 Å². The fourth-order valence-electron chi connectivity index (χ4n) is 4.68. The number of ether oxygens (including phenoxy) is 1. The summed E-state index contributed by atoms with van der Waals surface area (Å²) < 4.78 is 9.23. The minimum Gasteiger partial charge on any atom is -0.383 e. The molecule has 1 aliphatic heterocycles. The molecule has 1 atom stereocenters. The normalized spacial score (nSPS) is 16.4. The SMILES string of the molecule is COCC(C)n1cnnc1-c1cccc(N2CCc3ccc(-n4cnc(C5CC5)c4)cc3C2=O)n1. The van der Waals surface area contributed by atoms with Crippen molar-refractivity contribution < 1.29 is 9.53 Å². The summed E-state index contributed by atoms with van der Waals surface area (Å²) in [5, 5.41) is 8.35. The third kappa shape index (κ3) is 4.01. The van der Waals surface area contributed by atoms with Gasteiger partial charge in [0.1, 0.15) is 17.8 Å². The fraction of sp³-hybridized carbons (Fsp3) is 0.346. The van der Waals surface area contributed by atoms with Crippen molar-refractivity contribution in [2.24, 2.45) is 0 Å². The number of carbonyl (C=O) groups is 1. The molecule has 3 aromatic heterocycles. The molecule has 4 heterocycles. The molecule has 1 fully saturated rings. The molecule has 0 bridgehead atoms. The molecule has 1 aromatic carbocycles. The molecule has 1 unspecified atom stereocenters. The lowest BCUT2D eigenvalue weighted by Gasteiger charge is -2.28. The Morgan fingerprint density at radius 1 is 1.17 bits per heavy atom. The van der Waals surface area contributed by atoms with Crippen LogP contribution in [0.5, 0.6) is 0 Å². The second-order valence-corrected chi connectivity index (χ2v) is 9.28.